The summed E-state index contributed by atoms with van der Waals surface area (Å²) in [7, 11) is -4.18. The first-order chi connectivity index (χ1) is 21.0. The predicted octanol–water partition coefficient (Wildman–Crippen LogP) is 6.21. The molecule has 2 amide bonds. The van der Waals surface area contributed by atoms with Crippen LogP contribution in [0.4, 0.5) is 18.9 Å². The number of amides is 2. The van der Waals surface area contributed by atoms with E-state index in [-0.39, 0.29) is 45.0 Å². The maximum Gasteiger partial charge on any atom is 0.264 e. The van der Waals surface area contributed by atoms with Crippen LogP contribution >= 0.6 is 11.6 Å². The number of nitrogens with zero attached hydrogens (tertiary/aromatic N) is 2. The summed E-state index contributed by atoms with van der Waals surface area (Å²) in [5.41, 5.74) is 0.289. The molecule has 2 heterocycles. The number of piperidine rings is 1. The van der Waals surface area contributed by atoms with Gasteiger partial charge in [0.1, 0.15) is 5.82 Å². The highest BCUT2D eigenvalue weighted by atomic mass is 35.5. The van der Waals surface area contributed by atoms with Gasteiger partial charge in [-0.2, -0.15) is 0 Å². The fourth-order valence-corrected chi connectivity index (χ4v) is 9.14. The van der Waals surface area contributed by atoms with Crippen molar-refractivity contribution in [1.82, 2.24) is 10.2 Å². The minimum atomic E-state index is -4.18. The van der Waals surface area contributed by atoms with Crippen molar-refractivity contribution in [1.29, 1.82) is 0 Å². The molecular formula is C32H31ClF3N3O4S. The molecule has 2 aliphatic heterocycles. The van der Waals surface area contributed by atoms with Gasteiger partial charge in [-0.05, 0) is 73.6 Å². The van der Waals surface area contributed by atoms with E-state index < -0.39 is 39.6 Å². The fraction of sp³-hybridized carbons (Fsp3) is 0.375. The number of halogens is 4. The summed E-state index contributed by atoms with van der Waals surface area (Å²) in [5.74, 6) is -1.20. The number of hydrogen-bond donors (Lipinski definition) is 1. The van der Waals surface area contributed by atoms with Crippen molar-refractivity contribution in [3.63, 3.8) is 0 Å². The van der Waals surface area contributed by atoms with E-state index in [1.165, 1.54) is 47.6 Å². The zero-order chi connectivity index (χ0) is 31.4. The van der Waals surface area contributed by atoms with Gasteiger partial charge in [0.05, 0.1) is 27.2 Å². The number of sulfonamides is 1. The van der Waals surface area contributed by atoms with Crippen LogP contribution in [0.2, 0.25) is 5.02 Å². The maximum atomic E-state index is 14.3. The number of alkyl halides is 2. The van der Waals surface area contributed by atoms with E-state index in [0.717, 1.165) is 25.0 Å². The first-order valence-electron chi connectivity index (χ1n) is 14.5. The number of benzene rings is 3. The summed E-state index contributed by atoms with van der Waals surface area (Å²) >= 11 is 7.07. The van der Waals surface area contributed by atoms with Gasteiger partial charge >= 0.3 is 0 Å². The summed E-state index contributed by atoms with van der Waals surface area (Å²) in [4.78, 5) is 27.4. The second-order valence-corrected chi connectivity index (χ2v) is 13.9. The van der Waals surface area contributed by atoms with Crippen LogP contribution in [0.25, 0.3) is 0 Å². The molecule has 6 rings (SSSR count). The fourth-order valence-electron chi connectivity index (χ4n) is 6.92. The molecule has 7 nitrogen and oxygen atoms in total. The van der Waals surface area contributed by atoms with Crippen molar-refractivity contribution in [3.8, 4) is 0 Å². The van der Waals surface area contributed by atoms with Crippen LogP contribution in [-0.4, -0.2) is 44.3 Å². The average molecular weight is 646 g/mol. The lowest BCUT2D eigenvalue weighted by molar-refractivity contribution is -0.130. The van der Waals surface area contributed by atoms with Crippen molar-refractivity contribution in [2.75, 3.05) is 17.4 Å². The molecule has 1 unspecified atom stereocenters. The van der Waals surface area contributed by atoms with Gasteiger partial charge in [0.15, 0.2) is 0 Å². The zero-order valence-electron chi connectivity index (χ0n) is 23.9. The van der Waals surface area contributed by atoms with Crippen molar-refractivity contribution in [3.05, 3.63) is 93.8 Å². The number of anilines is 1. The van der Waals surface area contributed by atoms with Gasteiger partial charge in [-0.3, -0.25) is 13.9 Å². The summed E-state index contributed by atoms with van der Waals surface area (Å²) in [5, 5.41) is 2.80. The van der Waals surface area contributed by atoms with E-state index >= 15 is 0 Å². The largest absolute Gasteiger partial charge is 0.348 e. The van der Waals surface area contributed by atoms with E-state index in [1.807, 2.05) is 0 Å². The first-order valence-corrected chi connectivity index (χ1v) is 16.3. The molecule has 232 valence electrons. The Kier molecular flexibility index (Phi) is 7.90. The molecule has 3 aromatic carbocycles. The number of hydrogen-bond acceptors (Lipinski definition) is 4. The molecule has 3 aliphatic rings. The van der Waals surface area contributed by atoms with Crippen LogP contribution in [0.3, 0.4) is 0 Å². The van der Waals surface area contributed by atoms with Crippen LogP contribution in [0.15, 0.2) is 65.6 Å². The zero-order valence-corrected chi connectivity index (χ0v) is 25.5. The minimum absolute atomic E-state index is 0.0284. The second kappa shape index (κ2) is 11.4. The van der Waals surface area contributed by atoms with Crippen molar-refractivity contribution >= 4 is 39.1 Å². The monoisotopic (exact) mass is 645 g/mol. The van der Waals surface area contributed by atoms with Crippen LogP contribution in [0.5, 0.6) is 0 Å². The summed E-state index contributed by atoms with van der Waals surface area (Å²) in [6.07, 6.45) is -0.228. The average Bonchev–Trinajstić information content (AvgIpc) is 3.79. The van der Waals surface area contributed by atoms with E-state index in [1.54, 1.807) is 17.0 Å². The lowest BCUT2D eigenvalue weighted by atomic mass is 9.68. The molecule has 2 fully saturated rings. The third-order valence-corrected chi connectivity index (χ3v) is 11.4. The van der Waals surface area contributed by atoms with Gasteiger partial charge in [0.25, 0.3) is 22.4 Å². The van der Waals surface area contributed by atoms with Gasteiger partial charge in [-0.15, -0.1) is 0 Å². The van der Waals surface area contributed by atoms with Crippen LogP contribution in [0, 0.1) is 11.7 Å². The quantitative estimate of drug-likeness (QED) is 0.331. The van der Waals surface area contributed by atoms with E-state index in [9.17, 15) is 31.2 Å². The standard InChI is InChI=1S/C32H31ClF3N3O4S/c1-19(40)38-16-14-32(15-17-38)27-26(39(29(32)20-6-7-20)44(42,43)23-10-8-22(34)9-11-23)13-12-25(28(27)33)31(41)37-18-21-4-2-3-5-24(21)30(35)36/h2-5,8-13,20,29-30H,6-7,14-18H2,1H3,(H,37,41). The number of rotatable bonds is 7. The van der Waals surface area contributed by atoms with E-state index in [0.29, 0.717) is 37.2 Å². The minimum Gasteiger partial charge on any atom is -0.348 e. The number of nitrogens with one attached hydrogen (secondary N) is 1. The van der Waals surface area contributed by atoms with Gasteiger partial charge in [0, 0.05) is 43.1 Å². The van der Waals surface area contributed by atoms with Crippen LogP contribution < -0.4 is 9.62 Å². The highest BCUT2D eigenvalue weighted by Gasteiger charge is 2.61. The summed E-state index contributed by atoms with van der Waals surface area (Å²) in [6, 6.07) is 13.1. The Balaban J connectivity index is 1.44. The van der Waals surface area contributed by atoms with E-state index in [2.05, 4.69) is 5.32 Å². The number of likely N-dealkylation sites (tertiary alicyclic amines) is 1. The van der Waals surface area contributed by atoms with Crippen LogP contribution in [0.1, 0.15) is 66.1 Å². The van der Waals surface area contributed by atoms with Crippen LogP contribution in [-0.2, 0) is 26.8 Å². The van der Waals surface area contributed by atoms with Gasteiger partial charge in [-0.25, -0.2) is 21.6 Å². The lowest BCUT2D eigenvalue weighted by Crippen LogP contribution is -2.54. The van der Waals surface area contributed by atoms with Crippen molar-refractivity contribution < 1.29 is 31.2 Å². The Morgan fingerprint density at radius 3 is 2.30 bits per heavy atom. The highest BCUT2D eigenvalue weighted by Crippen LogP contribution is 2.61. The normalized spacial score (nSPS) is 19.4. The molecule has 0 aromatic heterocycles. The van der Waals surface area contributed by atoms with Gasteiger partial charge in [0.2, 0.25) is 5.91 Å². The van der Waals surface area contributed by atoms with Crippen molar-refractivity contribution in [2.45, 2.75) is 61.9 Å². The molecule has 0 bridgehead atoms. The molecule has 12 heteroatoms. The highest BCUT2D eigenvalue weighted by molar-refractivity contribution is 7.93. The Labute approximate surface area is 259 Å². The smallest absolute Gasteiger partial charge is 0.264 e. The Bertz CT molecular complexity index is 1720. The number of fused-ring (bicyclic) bond motifs is 2. The topological polar surface area (TPSA) is 86.8 Å². The Morgan fingerprint density at radius 1 is 1.02 bits per heavy atom. The van der Waals surface area contributed by atoms with Crippen molar-refractivity contribution in [2.24, 2.45) is 5.92 Å². The molecule has 1 N–H and O–H groups in total. The first kappa shape index (κ1) is 30.5. The SMILES string of the molecule is CC(=O)N1CCC2(CC1)c1c(ccc(C(=O)NCc3ccccc3C(F)F)c1Cl)N(S(=O)(=O)c1ccc(F)cc1)C2C1CC1. The van der Waals surface area contributed by atoms with Gasteiger partial charge in [-0.1, -0.05) is 35.9 Å². The Hall–Kier alpha value is -3.57. The maximum absolute atomic E-state index is 14.3. The second-order valence-electron chi connectivity index (χ2n) is 11.7. The molecule has 3 aromatic rings. The predicted molar refractivity (Wildman–Crippen MR) is 160 cm³/mol. The molecule has 1 aliphatic carbocycles. The van der Waals surface area contributed by atoms with Gasteiger partial charge < -0.3 is 10.2 Å². The molecule has 0 radical (unpaired) electrons. The molecule has 1 saturated carbocycles. The van der Waals surface area contributed by atoms with E-state index in [4.69, 9.17) is 11.6 Å². The number of carbonyl (C=O) groups excluding carboxylic acids is 2. The molecule has 1 saturated heterocycles. The summed E-state index contributed by atoms with van der Waals surface area (Å²) < 4.78 is 70.8. The molecule has 1 atom stereocenters. The third kappa shape index (κ3) is 5.13. The molecule has 1 spiro atoms. The lowest BCUT2D eigenvalue weighted by Gasteiger charge is -2.45. The number of carbonyl (C=O) groups is 2. The Morgan fingerprint density at radius 2 is 1.68 bits per heavy atom. The molecule has 44 heavy (non-hydrogen) atoms. The third-order valence-electron chi connectivity index (χ3n) is 9.19. The summed E-state index contributed by atoms with van der Waals surface area (Å²) in [6.45, 7) is 2.12. The molecular weight excluding hydrogens is 615 g/mol.